The summed E-state index contributed by atoms with van der Waals surface area (Å²) in [4.78, 5) is 11.5. The van der Waals surface area contributed by atoms with Crippen molar-refractivity contribution in [3.05, 3.63) is 72.6 Å². The molecule has 0 bridgehead atoms. The molecule has 2 aromatic heterocycles. The minimum atomic E-state index is -3.51. The number of sulfonamides is 1. The first kappa shape index (κ1) is 21.2. The molecule has 2 aromatic carbocycles. The third-order valence-electron chi connectivity index (χ3n) is 5.53. The summed E-state index contributed by atoms with van der Waals surface area (Å²) in [6.07, 6.45) is 1.69. The van der Waals surface area contributed by atoms with Crippen molar-refractivity contribution in [1.29, 1.82) is 0 Å². The zero-order valence-corrected chi connectivity index (χ0v) is 18.8. The largest absolute Gasteiger partial charge is 0.415 e. The third-order valence-corrected chi connectivity index (χ3v) is 7.45. The van der Waals surface area contributed by atoms with Gasteiger partial charge in [-0.3, -0.25) is 4.98 Å². The van der Waals surface area contributed by atoms with E-state index in [-0.39, 0.29) is 1.43 Å². The Bertz CT molecular complexity index is 1360. The smallest absolute Gasteiger partial charge is 0.268 e. The molecule has 5 rings (SSSR count). The van der Waals surface area contributed by atoms with Crippen LogP contribution in [0.4, 0.5) is 5.82 Å². The maximum atomic E-state index is 12.9. The van der Waals surface area contributed by atoms with Gasteiger partial charge in [-0.2, -0.15) is 4.31 Å². The predicted molar refractivity (Wildman–Crippen MR) is 125 cm³/mol. The summed E-state index contributed by atoms with van der Waals surface area (Å²) in [5.41, 5.74) is 2.02. The van der Waals surface area contributed by atoms with E-state index in [1.165, 1.54) is 4.31 Å². The molecule has 0 saturated carbocycles. The van der Waals surface area contributed by atoms with Crippen LogP contribution in [0.15, 0.2) is 76.2 Å². The highest BCUT2D eigenvalue weighted by Gasteiger charge is 2.29. The molecule has 10 heteroatoms. The highest BCUT2D eigenvalue weighted by Crippen LogP contribution is 2.26. The molecule has 0 aliphatic carbocycles. The van der Waals surface area contributed by atoms with E-state index >= 15 is 0 Å². The molecule has 0 amide bonds. The number of rotatable bonds is 5. The topological polar surface area (TPSA) is 105 Å². The SMILES string of the molecule is Cc1ncc(N2CCN(S(=O)(=O)c3ccccc3)CC2)nc1-c1nnc(-c2ccccc2)o1.[HH]. The van der Waals surface area contributed by atoms with Crippen LogP contribution in [0, 0.1) is 6.92 Å². The van der Waals surface area contributed by atoms with Crippen LogP contribution in [-0.4, -0.2) is 59.1 Å². The molecule has 1 aliphatic heterocycles. The fourth-order valence-corrected chi connectivity index (χ4v) is 5.15. The van der Waals surface area contributed by atoms with Crippen molar-refractivity contribution >= 4 is 15.8 Å². The second-order valence-electron chi connectivity index (χ2n) is 7.64. The normalized spacial score (nSPS) is 15.0. The fraction of sp³-hybridized carbons (Fsp3) is 0.217. The second kappa shape index (κ2) is 8.72. The van der Waals surface area contributed by atoms with Crippen molar-refractivity contribution in [2.75, 3.05) is 31.1 Å². The molecule has 0 unspecified atom stereocenters. The van der Waals surface area contributed by atoms with E-state index in [0.29, 0.717) is 60.1 Å². The Kier molecular flexibility index (Phi) is 5.61. The van der Waals surface area contributed by atoms with Gasteiger partial charge in [0, 0.05) is 33.2 Å². The number of hydrogen-bond donors (Lipinski definition) is 0. The minimum Gasteiger partial charge on any atom is -0.415 e. The van der Waals surface area contributed by atoms with Crippen molar-refractivity contribution in [1.82, 2.24) is 24.5 Å². The monoisotopic (exact) mass is 464 g/mol. The number of anilines is 1. The highest BCUT2D eigenvalue weighted by molar-refractivity contribution is 7.89. The van der Waals surface area contributed by atoms with Gasteiger partial charge in [-0.25, -0.2) is 13.4 Å². The van der Waals surface area contributed by atoms with E-state index < -0.39 is 10.0 Å². The Morgan fingerprint density at radius 2 is 1.52 bits per heavy atom. The quantitative estimate of drug-likeness (QED) is 0.443. The van der Waals surface area contributed by atoms with Crippen molar-refractivity contribution in [3.8, 4) is 23.0 Å². The zero-order chi connectivity index (χ0) is 22.8. The molecule has 9 nitrogen and oxygen atoms in total. The van der Waals surface area contributed by atoms with Crippen molar-refractivity contribution in [3.63, 3.8) is 0 Å². The van der Waals surface area contributed by atoms with E-state index in [4.69, 9.17) is 9.40 Å². The second-order valence-corrected chi connectivity index (χ2v) is 9.58. The highest BCUT2D eigenvalue weighted by atomic mass is 32.2. The van der Waals surface area contributed by atoms with E-state index in [1.807, 2.05) is 42.2 Å². The summed E-state index contributed by atoms with van der Waals surface area (Å²) < 4.78 is 33.1. The van der Waals surface area contributed by atoms with Gasteiger partial charge in [0.25, 0.3) is 5.89 Å². The molecule has 4 aromatic rings. The van der Waals surface area contributed by atoms with Crippen LogP contribution < -0.4 is 4.90 Å². The van der Waals surface area contributed by atoms with Crippen LogP contribution in [0.25, 0.3) is 23.0 Å². The first-order valence-corrected chi connectivity index (χ1v) is 12.0. The van der Waals surface area contributed by atoms with Gasteiger partial charge in [0.15, 0.2) is 5.69 Å². The maximum Gasteiger partial charge on any atom is 0.268 e. The molecule has 0 spiro atoms. The molecule has 3 heterocycles. The van der Waals surface area contributed by atoms with Gasteiger partial charge in [-0.05, 0) is 31.2 Å². The Balaban J connectivity index is 0.00000274. The summed E-state index contributed by atoms with van der Waals surface area (Å²) in [5, 5.41) is 8.30. The summed E-state index contributed by atoms with van der Waals surface area (Å²) in [7, 11) is -3.51. The van der Waals surface area contributed by atoms with E-state index in [2.05, 4.69) is 15.2 Å². The van der Waals surface area contributed by atoms with Crippen LogP contribution in [0.2, 0.25) is 0 Å². The lowest BCUT2D eigenvalue weighted by Gasteiger charge is -2.34. The van der Waals surface area contributed by atoms with Crippen molar-refractivity contribution in [2.24, 2.45) is 0 Å². The Morgan fingerprint density at radius 1 is 0.879 bits per heavy atom. The fourth-order valence-electron chi connectivity index (χ4n) is 3.71. The van der Waals surface area contributed by atoms with Gasteiger partial charge >= 0.3 is 0 Å². The average molecular weight is 465 g/mol. The minimum absolute atomic E-state index is 0. The van der Waals surface area contributed by atoms with Crippen LogP contribution in [0.3, 0.4) is 0 Å². The summed E-state index contributed by atoms with van der Waals surface area (Å²) >= 11 is 0. The van der Waals surface area contributed by atoms with Gasteiger partial charge in [0.2, 0.25) is 15.9 Å². The molecule has 0 radical (unpaired) electrons. The Morgan fingerprint density at radius 3 is 2.21 bits per heavy atom. The predicted octanol–water partition coefficient (Wildman–Crippen LogP) is 3.26. The lowest BCUT2D eigenvalue weighted by molar-refractivity contribution is 0.383. The Hall–Kier alpha value is -3.63. The molecule has 170 valence electrons. The zero-order valence-electron chi connectivity index (χ0n) is 18.0. The van der Waals surface area contributed by atoms with E-state index in [0.717, 1.165) is 5.56 Å². The Labute approximate surface area is 193 Å². The number of hydrogen-bond acceptors (Lipinski definition) is 8. The van der Waals surface area contributed by atoms with Crippen molar-refractivity contribution < 1.29 is 14.3 Å². The molecular weight excluding hydrogens is 440 g/mol. The van der Waals surface area contributed by atoms with Crippen LogP contribution in [0.1, 0.15) is 7.12 Å². The first-order chi connectivity index (χ1) is 16.0. The number of aromatic nitrogens is 4. The lowest BCUT2D eigenvalue weighted by Crippen LogP contribution is -2.49. The lowest BCUT2D eigenvalue weighted by atomic mass is 10.2. The van der Waals surface area contributed by atoms with Crippen LogP contribution in [-0.2, 0) is 10.0 Å². The maximum absolute atomic E-state index is 12.9. The summed E-state index contributed by atoms with van der Waals surface area (Å²) in [6, 6.07) is 18.0. The number of benzene rings is 2. The molecule has 1 aliphatic rings. The molecule has 0 N–H and O–H groups in total. The van der Waals surface area contributed by atoms with Crippen LogP contribution in [0.5, 0.6) is 0 Å². The number of nitrogens with zero attached hydrogens (tertiary/aromatic N) is 6. The molecular formula is C23H24N6O3S. The van der Waals surface area contributed by atoms with Crippen LogP contribution >= 0.6 is 0 Å². The number of piperazine rings is 1. The summed E-state index contributed by atoms with van der Waals surface area (Å²) in [5.74, 6) is 1.36. The molecule has 0 atom stereocenters. The van der Waals surface area contributed by atoms with E-state index in [1.54, 1.807) is 36.5 Å². The van der Waals surface area contributed by atoms with Gasteiger partial charge in [-0.1, -0.05) is 36.4 Å². The van der Waals surface area contributed by atoms with Gasteiger partial charge < -0.3 is 9.32 Å². The van der Waals surface area contributed by atoms with Crippen molar-refractivity contribution in [2.45, 2.75) is 11.8 Å². The van der Waals surface area contributed by atoms with E-state index in [9.17, 15) is 8.42 Å². The third kappa shape index (κ3) is 4.22. The molecule has 1 fully saturated rings. The average Bonchev–Trinajstić information content (AvgIpc) is 3.36. The summed E-state index contributed by atoms with van der Waals surface area (Å²) in [6.45, 7) is 3.56. The number of aryl methyl sites for hydroxylation is 1. The molecule has 1 saturated heterocycles. The van der Waals surface area contributed by atoms with Gasteiger partial charge in [0.05, 0.1) is 16.8 Å². The molecule has 33 heavy (non-hydrogen) atoms. The first-order valence-electron chi connectivity index (χ1n) is 10.6. The van der Waals surface area contributed by atoms with Gasteiger partial charge in [-0.15, -0.1) is 10.2 Å². The standard InChI is InChI=1S/C23H22N6O3S.H2/c1-17-21(23-27-26-22(32-23)18-8-4-2-5-9-18)25-20(16-24-17)28-12-14-29(15-13-28)33(30,31)19-10-6-3-7-11-19;/h2-11,16H,12-15H2,1H3;1H. The van der Waals surface area contributed by atoms with Gasteiger partial charge in [0.1, 0.15) is 5.82 Å².